The molecule has 0 aromatic carbocycles. The summed E-state index contributed by atoms with van der Waals surface area (Å²) in [5.41, 5.74) is 8.36. The van der Waals surface area contributed by atoms with Crippen molar-refractivity contribution in [2.45, 2.75) is 18.9 Å². The fourth-order valence-corrected chi connectivity index (χ4v) is 1.75. The average molecular weight is 200 g/mol. The standard InChI is InChI=1S/C8H12N2O2S/c9-7(4-8(11)10-12)3-6-1-2-13-5-6/h1-2,5,7,12H,3-4,9H2,(H,10,11)/t7-/m1/s1. The maximum Gasteiger partial charge on any atom is 0.244 e. The molecule has 0 aliphatic rings. The molecule has 4 nitrogen and oxygen atoms in total. The molecule has 4 N–H and O–H groups in total. The molecule has 0 aliphatic carbocycles. The highest BCUT2D eigenvalue weighted by Crippen LogP contribution is 2.08. The van der Waals surface area contributed by atoms with Crippen molar-refractivity contribution in [3.63, 3.8) is 0 Å². The highest BCUT2D eigenvalue weighted by Gasteiger charge is 2.09. The molecule has 1 atom stereocenters. The highest BCUT2D eigenvalue weighted by atomic mass is 32.1. The second-order valence-electron chi connectivity index (χ2n) is 2.83. The van der Waals surface area contributed by atoms with E-state index < -0.39 is 5.91 Å². The Labute approximate surface area is 80.3 Å². The van der Waals surface area contributed by atoms with Crippen LogP contribution in [0.4, 0.5) is 0 Å². The van der Waals surface area contributed by atoms with Gasteiger partial charge in [0.2, 0.25) is 5.91 Å². The maximum absolute atomic E-state index is 10.7. The van der Waals surface area contributed by atoms with Crippen LogP contribution in [-0.2, 0) is 11.2 Å². The van der Waals surface area contributed by atoms with E-state index in [4.69, 9.17) is 10.9 Å². The van der Waals surface area contributed by atoms with Gasteiger partial charge in [0.25, 0.3) is 0 Å². The predicted octanol–water partition coefficient (Wildman–Crippen LogP) is 0.513. The molecule has 0 saturated heterocycles. The van der Waals surface area contributed by atoms with E-state index in [1.54, 1.807) is 16.8 Å². The van der Waals surface area contributed by atoms with Gasteiger partial charge in [-0.2, -0.15) is 11.3 Å². The summed E-state index contributed by atoms with van der Waals surface area (Å²) in [6.45, 7) is 0. The number of hydroxylamine groups is 1. The fourth-order valence-electron chi connectivity index (χ4n) is 1.07. The molecule has 0 saturated carbocycles. The molecular formula is C8H12N2O2S. The molecule has 5 heteroatoms. The van der Waals surface area contributed by atoms with E-state index in [9.17, 15) is 4.79 Å². The van der Waals surface area contributed by atoms with Crippen LogP contribution < -0.4 is 11.2 Å². The molecule has 0 fully saturated rings. The van der Waals surface area contributed by atoms with Crippen LogP contribution in [-0.4, -0.2) is 17.2 Å². The third kappa shape index (κ3) is 3.54. The fraction of sp³-hybridized carbons (Fsp3) is 0.375. The summed E-state index contributed by atoms with van der Waals surface area (Å²) in [6, 6.07) is 1.74. The molecule has 1 aromatic rings. The monoisotopic (exact) mass is 200 g/mol. The van der Waals surface area contributed by atoms with Gasteiger partial charge in [0.1, 0.15) is 0 Å². The quantitative estimate of drug-likeness (QED) is 0.489. The number of rotatable bonds is 4. The van der Waals surface area contributed by atoms with Crippen LogP contribution in [0.2, 0.25) is 0 Å². The summed E-state index contributed by atoms with van der Waals surface area (Å²) >= 11 is 1.60. The Morgan fingerprint density at radius 2 is 2.54 bits per heavy atom. The van der Waals surface area contributed by atoms with Crippen LogP contribution in [0.3, 0.4) is 0 Å². The molecule has 1 rings (SSSR count). The van der Waals surface area contributed by atoms with Crippen LogP contribution in [0.5, 0.6) is 0 Å². The van der Waals surface area contributed by atoms with Crippen LogP contribution in [0.15, 0.2) is 16.8 Å². The van der Waals surface area contributed by atoms with E-state index in [1.807, 2.05) is 16.8 Å². The number of amides is 1. The first kappa shape index (κ1) is 10.2. The zero-order valence-corrected chi connectivity index (χ0v) is 7.88. The minimum Gasteiger partial charge on any atom is -0.327 e. The SMILES string of the molecule is N[C@@H](CC(=O)NO)Cc1ccsc1. The van der Waals surface area contributed by atoms with E-state index in [1.165, 1.54) is 0 Å². The number of nitrogens with one attached hydrogen (secondary N) is 1. The van der Waals surface area contributed by atoms with Crippen LogP contribution >= 0.6 is 11.3 Å². The van der Waals surface area contributed by atoms with Gasteiger partial charge < -0.3 is 5.73 Å². The zero-order chi connectivity index (χ0) is 9.68. The number of hydrogen-bond acceptors (Lipinski definition) is 4. The van der Waals surface area contributed by atoms with Crippen LogP contribution in [0, 0.1) is 0 Å². The van der Waals surface area contributed by atoms with Crippen molar-refractivity contribution >= 4 is 17.2 Å². The average Bonchev–Trinajstić information content (AvgIpc) is 2.56. The van der Waals surface area contributed by atoms with Gasteiger partial charge in [0.15, 0.2) is 0 Å². The van der Waals surface area contributed by atoms with Gasteiger partial charge in [0, 0.05) is 12.5 Å². The lowest BCUT2D eigenvalue weighted by atomic mass is 10.1. The van der Waals surface area contributed by atoms with Crippen LogP contribution in [0.25, 0.3) is 0 Å². The second kappa shape index (κ2) is 4.96. The smallest absolute Gasteiger partial charge is 0.244 e. The Hall–Kier alpha value is -0.910. The lowest BCUT2D eigenvalue weighted by molar-refractivity contribution is -0.129. The molecule has 1 heterocycles. The van der Waals surface area contributed by atoms with E-state index in [0.29, 0.717) is 6.42 Å². The lowest BCUT2D eigenvalue weighted by Gasteiger charge is -2.08. The predicted molar refractivity (Wildman–Crippen MR) is 50.5 cm³/mol. The van der Waals surface area contributed by atoms with E-state index >= 15 is 0 Å². The Morgan fingerprint density at radius 1 is 1.77 bits per heavy atom. The molecule has 72 valence electrons. The van der Waals surface area contributed by atoms with Crippen molar-refractivity contribution in [2.75, 3.05) is 0 Å². The highest BCUT2D eigenvalue weighted by molar-refractivity contribution is 7.07. The molecule has 0 unspecified atom stereocenters. The van der Waals surface area contributed by atoms with Gasteiger partial charge in [-0.15, -0.1) is 0 Å². The van der Waals surface area contributed by atoms with Gasteiger partial charge in [-0.25, -0.2) is 5.48 Å². The third-order valence-electron chi connectivity index (χ3n) is 1.65. The first-order chi connectivity index (χ1) is 6.22. The second-order valence-corrected chi connectivity index (χ2v) is 3.61. The number of nitrogens with two attached hydrogens (primary N) is 1. The van der Waals surface area contributed by atoms with Crippen LogP contribution in [0.1, 0.15) is 12.0 Å². The number of hydrogen-bond donors (Lipinski definition) is 3. The first-order valence-corrected chi connectivity index (χ1v) is 4.86. The number of carbonyl (C=O) groups excluding carboxylic acids is 1. The van der Waals surface area contributed by atoms with Crippen molar-refractivity contribution in [3.05, 3.63) is 22.4 Å². The van der Waals surface area contributed by atoms with Gasteiger partial charge in [-0.1, -0.05) is 0 Å². The van der Waals surface area contributed by atoms with Crippen molar-refractivity contribution in [3.8, 4) is 0 Å². The summed E-state index contributed by atoms with van der Waals surface area (Å²) in [4.78, 5) is 10.7. The first-order valence-electron chi connectivity index (χ1n) is 3.92. The van der Waals surface area contributed by atoms with Gasteiger partial charge >= 0.3 is 0 Å². The minimum atomic E-state index is -0.442. The molecule has 0 radical (unpaired) electrons. The summed E-state index contributed by atoms with van der Waals surface area (Å²) < 4.78 is 0. The normalized spacial score (nSPS) is 12.5. The van der Waals surface area contributed by atoms with Gasteiger partial charge in [0.05, 0.1) is 0 Å². The Kier molecular flexibility index (Phi) is 3.88. The van der Waals surface area contributed by atoms with E-state index in [0.717, 1.165) is 5.56 Å². The van der Waals surface area contributed by atoms with Crippen molar-refractivity contribution in [2.24, 2.45) is 5.73 Å². The number of thiophene rings is 1. The van der Waals surface area contributed by atoms with E-state index in [2.05, 4.69) is 0 Å². The number of carbonyl (C=O) groups is 1. The molecule has 1 aromatic heterocycles. The summed E-state index contributed by atoms with van der Waals surface area (Å²) in [5, 5.41) is 12.2. The van der Waals surface area contributed by atoms with Crippen molar-refractivity contribution in [1.82, 2.24) is 5.48 Å². The van der Waals surface area contributed by atoms with Gasteiger partial charge in [-0.05, 0) is 28.8 Å². The summed E-state index contributed by atoms with van der Waals surface area (Å²) in [6.07, 6.45) is 0.809. The summed E-state index contributed by atoms with van der Waals surface area (Å²) in [5.74, 6) is -0.442. The van der Waals surface area contributed by atoms with Gasteiger partial charge in [-0.3, -0.25) is 10.0 Å². The Morgan fingerprint density at radius 3 is 3.08 bits per heavy atom. The Bertz CT molecular complexity index is 261. The minimum absolute atomic E-state index is 0.145. The van der Waals surface area contributed by atoms with Crippen molar-refractivity contribution < 1.29 is 10.0 Å². The molecule has 0 bridgehead atoms. The topological polar surface area (TPSA) is 75.4 Å². The molecule has 1 amide bonds. The largest absolute Gasteiger partial charge is 0.327 e. The Balaban J connectivity index is 2.33. The lowest BCUT2D eigenvalue weighted by Crippen LogP contribution is -2.31. The van der Waals surface area contributed by atoms with E-state index in [-0.39, 0.29) is 12.5 Å². The molecule has 13 heavy (non-hydrogen) atoms. The molecule has 0 aliphatic heterocycles. The molecular weight excluding hydrogens is 188 g/mol. The zero-order valence-electron chi connectivity index (χ0n) is 7.06. The third-order valence-corrected chi connectivity index (χ3v) is 2.38. The summed E-state index contributed by atoms with van der Waals surface area (Å²) in [7, 11) is 0. The maximum atomic E-state index is 10.7. The van der Waals surface area contributed by atoms with Crippen molar-refractivity contribution in [1.29, 1.82) is 0 Å². The molecule has 0 spiro atoms.